The predicted molar refractivity (Wildman–Crippen MR) is 126 cm³/mol. The Bertz CT molecular complexity index is 1130. The minimum Gasteiger partial charge on any atom is -0.393 e. The molecule has 1 unspecified atom stereocenters. The molecule has 0 saturated carbocycles. The zero-order valence-corrected chi connectivity index (χ0v) is 20.0. The first-order valence-corrected chi connectivity index (χ1v) is 11.2. The van der Waals surface area contributed by atoms with E-state index in [1.54, 1.807) is 39.1 Å². The van der Waals surface area contributed by atoms with Crippen LogP contribution in [0.25, 0.3) is 5.57 Å². The van der Waals surface area contributed by atoms with E-state index in [0.29, 0.717) is 17.6 Å². The fourth-order valence-electron chi connectivity index (χ4n) is 4.12. The molecule has 0 spiro atoms. The van der Waals surface area contributed by atoms with Crippen molar-refractivity contribution < 1.29 is 26.7 Å². The SMILES string of the molecule is CN/C=C(\C(=N)C(=O)N1CC(F)(F)C[C@@H](C)C1CNc1ccc(C(F)(F)F)cn1)c1cccc(C)n1. The van der Waals surface area contributed by atoms with Gasteiger partial charge in [0.15, 0.2) is 0 Å². The van der Waals surface area contributed by atoms with E-state index in [0.717, 1.165) is 17.0 Å². The normalized spacial score (nSPS) is 20.1. The van der Waals surface area contributed by atoms with Crippen LogP contribution in [0.15, 0.2) is 42.7 Å². The highest BCUT2D eigenvalue weighted by atomic mass is 19.4. The van der Waals surface area contributed by atoms with E-state index in [9.17, 15) is 26.7 Å². The van der Waals surface area contributed by atoms with Crippen LogP contribution in [0.4, 0.5) is 27.8 Å². The number of carbonyl (C=O) groups is 1. The Morgan fingerprint density at radius 2 is 2.00 bits per heavy atom. The van der Waals surface area contributed by atoms with Crippen LogP contribution in [0.5, 0.6) is 0 Å². The molecule has 1 aliphatic rings. The number of hydrogen-bond donors (Lipinski definition) is 3. The van der Waals surface area contributed by atoms with Gasteiger partial charge >= 0.3 is 6.18 Å². The minimum atomic E-state index is -4.54. The number of carbonyl (C=O) groups excluding carboxylic acids is 1. The summed E-state index contributed by atoms with van der Waals surface area (Å²) in [6.45, 7) is 2.38. The molecular formula is C24H27F5N6O. The van der Waals surface area contributed by atoms with Crippen LogP contribution in [-0.2, 0) is 11.0 Å². The van der Waals surface area contributed by atoms with E-state index in [4.69, 9.17) is 5.41 Å². The molecule has 0 radical (unpaired) electrons. The Morgan fingerprint density at radius 1 is 1.28 bits per heavy atom. The van der Waals surface area contributed by atoms with Gasteiger partial charge in [0.1, 0.15) is 11.5 Å². The van der Waals surface area contributed by atoms with Crippen LogP contribution in [-0.4, -0.2) is 58.6 Å². The lowest BCUT2D eigenvalue weighted by molar-refractivity contribution is -0.145. The van der Waals surface area contributed by atoms with Crippen molar-refractivity contribution in [2.24, 2.45) is 5.92 Å². The number of amides is 1. The Kier molecular flexibility index (Phi) is 7.95. The summed E-state index contributed by atoms with van der Waals surface area (Å²) in [6, 6.07) is 6.30. The lowest BCUT2D eigenvalue weighted by Crippen LogP contribution is -2.58. The van der Waals surface area contributed by atoms with Gasteiger partial charge in [-0.2, -0.15) is 13.2 Å². The largest absolute Gasteiger partial charge is 0.417 e. The summed E-state index contributed by atoms with van der Waals surface area (Å²) >= 11 is 0. The summed E-state index contributed by atoms with van der Waals surface area (Å²) in [6.07, 6.45) is -2.94. The van der Waals surface area contributed by atoms with Crippen LogP contribution >= 0.6 is 0 Å². The molecule has 1 aliphatic heterocycles. The fraction of sp³-hybridized carbons (Fsp3) is 0.417. The summed E-state index contributed by atoms with van der Waals surface area (Å²) in [5, 5.41) is 14.1. The lowest BCUT2D eigenvalue weighted by atomic mass is 9.87. The third-order valence-electron chi connectivity index (χ3n) is 5.86. The third kappa shape index (κ3) is 6.35. The standard InChI is InChI=1S/C24H27F5N6O/c1-14-9-23(25,26)13-35(19(14)12-33-20-8-7-16(10-32-20)24(27,28)29)22(36)21(30)17(11-31-3)18-6-4-5-15(2)34-18/h4-8,10-11,14,19,30-31H,9,12-13H2,1-3H3,(H,32,33)/b17-11-,30-21?/t14-,19?/m1/s1. The van der Waals surface area contributed by atoms with Crippen molar-refractivity contribution in [3.8, 4) is 0 Å². The van der Waals surface area contributed by atoms with Crippen molar-refractivity contribution in [2.45, 2.75) is 38.4 Å². The first-order chi connectivity index (χ1) is 16.8. The Morgan fingerprint density at radius 3 is 2.58 bits per heavy atom. The molecule has 3 heterocycles. The number of alkyl halides is 5. The molecule has 2 aromatic rings. The Labute approximate surface area is 205 Å². The predicted octanol–water partition coefficient (Wildman–Crippen LogP) is 4.37. The highest BCUT2D eigenvalue weighted by molar-refractivity contribution is 6.54. The maximum absolute atomic E-state index is 14.5. The molecule has 0 aliphatic carbocycles. The molecule has 3 rings (SSSR count). The number of likely N-dealkylation sites (tertiary alicyclic amines) is 1. The summed E-state index contributed by atoms with van der Waals surface area (Å²) < 4.78 is 67.4. The van der Waals surface area contributed by atoms with Crippen LogP contribution in [0.1, 0.15) is 30.3 Å². The van der Waals surface area contributed by atoms with Gasteiger partial charge in [0, 0.05) is 43.7 Å². The Balaban J connectivity index is 1.84. The molecule has 2 aromatic heterocycles. The molecule has 194 valence electrons. The van der Waals surface area contributed by atoms with E-state index in [1.165, 1.54) is 6.20 Å². The topological polar surface area (TPSA) is 94.0 Å². The van der Waals surface area contributed by atoms with Crippen LogP contribution < -0.4 is 10.6 Å². The number of halogens is 5. The summed E-state index contributed by atoms with van der Waals surface area (Å²) in [4.78, 5) is 22.4. The average Bonchev–Trinajstić information content (AvgIpc) is 2.80. The number of pyridine rings is 2. The minimum absolute atomic E-state index is 0.0393. The number of aryl methyl sites for hydroxylation is 1. The monoisotopic (exact) mass is 510 g/mol. The van der Waals surface area contributed by atoms with E-state index in [-0.39, 0.29) is 17.9 Å². The van der Waals surface area contributed by atoms with Crippen LogP contribution in [0, 0.1) is 18.3 Å². The molecule has 1 amide bonds. The second kappa shape index (κ2) is 10.6. The molecule has 1 fully saturated rings. The fourth-order valence-corrected chi connectivity index (χ4v) is 4.12. The van der Waals surface area contributed by atoms with Gasteiger partial charge in [-0.3, -0.25) is 15.2 Å². The van der Waals surface area contributed by atoms with Crippen molar-refractivity contribution >= 4 is 23.0 Å². The van der Waals surface area contributed by atoms with Crippen LogP contribution in [0.3, 0.4) is 0 Å². The van der Waals surface area contributed by atoms with Crippen molar-refractivity contribution in [1.29, 1.82) is 5.41 Å². The van der Waals surface area contributed by atoms with Gasteiger partial charge in [0.25, 0.3) is 11.8 Å². The van der Waals surface area contributed by atoms with Gasteiger partial charge < -0.3 is 15.5 Å². The number of nitrogens with one attached hydrogen (secondary N) is 3. The zero-order valence-electron chi connectivity index (χ0n) is 20.0. The molecule has 36 heavy (non-hydrogen) atoms. The second-order valence-electron chi connectivity index (χ2n) is 8.73. The molecule has 0 aromatic carbocycles. The zero-order chi connectivity index (χ0) is 26.7. The molecule has 1 saturated heterocycles. The van der Waals surface area contributed by atoms with Gasteiger partial charge in [0.2, 0.25) is 0 Å². The Hall–Kier alpha value is -3.57. The first-order valence-electron chi connectivity index (χ1n) is 11.2. The maximum atomic E-state index is 14.5. The third-order valence-corrected chi connectivity index (χ3v) is 5.86. The van der Waals surface area contributed by atoms with Crippen LogP contribution in [0.2, 0.25) is 0 Å². The number of hydrogen-bond acceptors (Lipinski definition) is 6. The van der Waals surface area contributed by atoms with E-state index < -0.39 is 54.2 Å². The van der Waals surface area contributed by atoms with Gasteiger partial charge in [-0.05, 0) is 37.1 Å². The van der Waals surface area contributed by atoms with Crippen molar-refractivity contribution in [2.75, 3.05) is 25.5 Å². The molecule has 12 heteroatoms. The van der Waals surface area contributed by atoms with E-state index in [1.807, 2.05) is 0 Å². The molecular weight excluding hydrogens is 483 g/mol. The average molecular weight is 511 g/mol. The van der Waals surface area contributed by atoms with Gasteiger partial charge in [-0.15, -0.1) is 0 Å². The molecule has 3 N–H and O–H groups in total. The summed E-state index contributed by atoms with van der Waals surface area (Å²) in [5.74, 6) is -4.62. The summed E-state index contributed by atoms with van der Waals surface area (Å²) in [5.41, 5.74) is -0.298. The lowest BCUT2D eigenvalue weighted by Gasteiger charge is -2.43. The second-order valence-corrected chi connectivity index (χ2v) is 8.73. The molecule has 7 nitrogen and oxygen atoms in total. The first kappa shape index (κ1) is 27.0. The number of aromatic nitrogens is 2. The van der Waals surface area contributed by atoms with Gasteiger partial charge in [-0.1, -0.05) is 13.0 Å². The number of rotatable bonds is 7. The quantitative estimate of drug-likeness (QED) is 0.380. The highest BCUT2D eigenvalue weighted by Gasteiger charge is 2.46. The number of piperidine rings is 1. The van der Waals surface area contributed by atoms with Crippen molar-refractivity contribution in [3.63, 3.8) is 0 Å². The number of anilines is 1. The van der Waals surface area contributed by atoms with E-state index in [2.05, 4.69) is 20.6 Å². The summed E-state index contributed by atoms with van der Waals surface area (Å²) in [7, 11) is 1.58. The van der Waals surface area contributed by atoms with Crippen molar-refractivity contribution in [1.82, 2.24) is 20.2 Å². The van der Waals surface area contributed by atoms with Gasteiger partial charge in [-0.25, -0.2) is 13.8 Å². The van der Waals surface area contributed by atoms with Gasteiger partial charge in [0.05, 0.1) is 23.8 Å². The molecule has 2 atom stereocenters. The van der Waals surface area contributed by atoms with E-state index >= 15 is 0 Å². The maximum Gasteiger partial charge on any atom is 0.417 e. The van der Waals surface area contributed by atoms with Crippen molar-refractivity contribution in [3.05, 3.63) is 59.7 Å². The molecule has 0 bridgehead atoms. The number of nitrogens with zero attached hydrogens (tertiary/aromatic N) is 3. The highest BCUT2D eigenvalue weighted by Crippen LogP contribution is 2.35. The smallest absolute Gasteiger partial charge is 0.393 e.